The van der Waals surface area contributed by atoms with Crippen molar-refractivity contribution in [2.45, 2.75) is 24.5 Å². The Balaban J connectivity index is 2.45. The zero-order valence-corrected chi connectivity index (χ0v) is 8.53. The number of aliphatic hydroxyl groups is 4. The molecule has 0 aromatic rings. The van der Waals surface area contributed by atoms with Gasteiger partial charge in [-0.25, -0.2) is 10.9 Å². The predicted molar refractivity (Wildman–Crippen MR) is 54.0 cm³/mol. The van der Waals surface area contributed by atoms with Crippen molar-refractivity contribution in [3.8, 4) is 0 Å². The van der Waals surface area contributed by atoms with Crippen molar-refractivity contribution in [3.05, 3.63) is 0 Å². The Morgan fingerprint density at radius 3 is 2.20 bits per heavy atom. The minimum atomic E-state index is -1.48. The highest BCUT2D eigenvalue weighted by atomic mass is 32.1. The number of hydrogen-bond acceptors (Lipinski definition) is 7. The van der Waals surface area contributed by atoms with Crippen LogP contribution in [0.3, 0.4) is 0 Å². The van der Waals surface area contributed by atoms with Crippen molar-refractivity contribution in [2.24, 2.45) is 0 Å². The van der Waals surface area contributed by atoms with Gasteiger partial charge in [-0.2, -0.15) is 0 Å². The SMILES string of the molecule is OCC(O)C(O)C(O)C1NNC(=S)NN1. The molecule has 0 saturated carbocycles. The molecule has 0 bridgehead atoms. The van der Waals surface area contributed by atoms with Crippen LogP contribution in [0.2, 0.25) is 0 Å². The molecule has 1 rings (SSSR count). The van der Waals surface area contributed by atoms with Crippen molar-refractivity contribution in [1.29, 1.82) is 0 Å². The largest absolute Gasteiger partial charge is 0.394 e. The molecular formula is C6H14N4O4S. The van der Waals surface area contributed by atoms with E-state index in [-0.39, 0.29) is 5.11 Å². The highest BCUT2D eigenvalue weighted by Crippen LogP contribution is 2.03. The van der Waals surface area contributed by atoms with Gasteiger partial charge < -0.3 is 20.4 Å². The maximum atomic E-state index is 9.56. The zero-order chi connectivity index (χ0) is 11.4. The summed E-state index contributed by atoms with van der Waals surface area (Å²) in [7, 11) is 0. The van der Waals surface area contributed by atoms with Gasteiger partial charge >= 0.3 is 0 Å². The summed E-state index contributed by atoms with van der Waals surface area (Å²) in [5, 5.41) is 36.9. The summed E-state index contributed by atoms with van der Waals surface area (Å²) in [6.45, 7) is -0.635. The third-order valence-corrected chi connectivity index (χ3v) is 2.16. The molecule has 1 fully saturated rings. The first-order chi connectivity index (χ1) is 7.06. The topological polar surface area (TPSA) is 129 Å². The Hall–Kier alpha value is -0.550. The van der Waals surface area contributed by atoms with Crippen LogP contribution < -0.4 is 21.7 Å². The van der Waals surface area contributed by atoms with Gasteiger partial charge in [-0.05, 0) is 12.2 Å². The molecule has 88 valence electrons. The molecular weight excluding hydrogens is 224 g/mol. The second-order valence-electron chi connectivity index (χ2n) is 3.08. The third kappa shape index (κ3) is 3.21. The lowest BCUT2D eigenvalue weighted by Gasteiger charge is -2.34. The van der Waals surface area contributed by atoms with Gasteiger partial charge in [0.15, 0.2) is 5.11 Å². The lowest BCUT2D eigenvalue weighted by molar-refractivity contribution is -0.0934. The molecule has 0 spiro atoms. The average molecular weight is 238 g/mol. The normalized spacial score (nSPS) is 23.9. The van der Waals surface area contributed by atoms with Gasteiger partial charge in [0.2, 0.25) is 0 Å². The van der Waals surface area contributed by atoms with E-state index in [9.17, 15) is 10.2 Å². The quantitative estimate of drug-likeness (QED) is 0.230. The lowest BCUT2D eigenvalue weighted by Crippen LogP contribution is -2.71. The van der Waals surface area contributed by atoms with Crippen LogP contribution in [0.4, 0.5) is 0 Å². The Morgan fingerprint density at radius 2 is 1.73 bits per heavy atom. The lowest BCUT2D eigenvalue weighted by atomic mass is 10.1. The van der Waals surface area contributed by atoms with Crippen LogP contribution in [0.1, 0.15) is 0 Å². The molecule has 9 heteroatoms. The van der Waals surface area contributed by atoms with E-state index in [1.165, 1.54) is 0 Å². The van der Waals surface area contributed by atoms with E-state index in [0.717, 1.165) is 0 Å². The summed E-state index contributed by atoms with van der Waals surface area (Å²) in [5.74, 6) is 0. The molecule has 0 amide bonds. The maximum absolute atomic E-state index is 9.56. The van der Waals surface area contributed by atoms with Crippen LogP contribution in [0.5, 0.6) is 0 Å². The van der Waals surface area contributed by atoms with E-state index in [2.05, 4.69) is 21.7 Å². The molecule has 15 heavy (non-hydrogen) atoms. The van der Waals surface area contributed by atoms with Gasteiger partial charge in [-0.1, -0.05) is 0 Å². The third-order valence-electron chi connectivity index (χ3n) is 1.96. The molecule has 1 heterocycles. The van der Waals surface area contributed by atoms with Crippen molar-refractivity contribution >= 4 is 17.3 Å². The van der Waals surface area contributed by atoms with Gasteiger partial charge in [0.25, 0.3) is 0 Å². The molecule has 0 aliphatic carbocycles. The van der Waals surface area contributed by atoms with Gasteiger partial charge in [0.1, 0.15) is 24.5 Å². The van der Waals surface area contributed by atoms with Crippen LogP contribution in [0, 0.1) is 0 Å². The van der Waals surface area contributed by atoms with Gasteiger partial charge in [0, 0.05) is 0 Å². The number of aliphatic hydroxyl groups excluding tert-OH is 4. The molecule has 8 N–H and O–H groups in total. The summed E-state index contributed by atoms with van der Waals surface area (Å²) in [5.41, 5.74) is 10.2. The molecule has 1 saturated heterocycles. The van der Waals surface area contributed by atoms with Crippen molar-refractivity contribution in [3.63, 3.8) is 0 Å². The van der Waals surface area contributed by atoms with E-state index >= 15 is 0 Å². The fourth-order valence-electron chi connectivity index (χ4n) is 1.06. The first-order valence-corrected chi connectivity index (χ1v) is 4.69. The van der Waals surface area contributed by atoms with Gasteiger partial charge in [-0.15, -0.1) is 0 Å². The van der Waals surface area contributed by atoms with Crippen molar-refractivity contribution in [2.75, 3.05) is 6.61 Å². The van der Waals surface area contributed by atoms with Crippen molar-refractivity contribution in [1.82, 2.24) is 21.7 Å². The molecule has 3 unspecified atom stereocenters. The summed E-state index contributed by atoms with van der Waals surface area (Å²) in [4.78, 5) is 0. The fraction of sp³-hybridized carbons (Fsp3) is 0.833. The van der Waals surface area contributed by atoms with E-state index in [1.54, 1.807) is 0 Å². The van der Waals surface area contributed by atoms with Gasteiger partial charge in [-0.3, -0.25) is 10.9 Å². The maximum Gasteiger partial charge on any atom is 0.195 e. The van der Waals surface area contributed by atoms with E-state index < -0.39 is 31.1 Å². The second kappa shape index (κ2) is 5.51. The Kier molecular flexibility index (Phi) is 4.60. The molecule has 0 radical (unpaired) electrons. The minimum absolute atomic E-state index is 0.288. The molecule has 8 nitrogen and oxygen atoms in total. The number of nitrogens with one attached hydrogen (secondary N) is 4. The second-order valence-corrected chi connectivity index (χ2v) is 3.48. The molecule has 1 aliphatic heterocycles. The zero-order valence-electron chi connectivity index (χ0n) is 7.71. The van der Waals surface area contributed by atoms with E-state index in [1.807, 2.05) is 0 Å². The Bertz CT molecular complexity index is 221. The minimum Gasteiger partial charge on any atom is -0.394 e. The first kappa shape index (κ1) is 12.5. The number of hydrazine groups is 2. The summed E-state index contributed by atoms with van der Waals surface area (Å²) >= 11 is 4.70. The van der Waals surface area contributed by atoms with Gasteiger partial charge in [0.05, 0.1) is 6.61 Å². The summed E-state index contributed by atoms with van der Waals surface area (Å²) in [6, 6.07) is 0. The Morgan fingerprint density at radius 1 is 1.20 bits per heavy atom. The average Bonchev–Trinajstić information content (AvgIpc) is 2.27. The van der Waals surface area contributed by atoms with Crippen LogP contribution >= 0.6 is 12.2 Å². The predicted octanol–water partition coefficient (Wildman–Crippen LogP) is -4.13. The molecule has 0 aromatic carbocycles. The Labute approximate surface area is 91.2 Å². The summed E-state index contributed by atoms with van der Waals surface area (Å²) in [6.07, 6.45) is -4.96. The highest BCUT2D eigenvalue weighted by molar-refractivity contribution is 7.80. The monoisotopic (exact) mass is 238 g/mol. The summed E-state index contributed by atoms with van der Waals surface area (Å²) < 4.78 is 0. The first-order valence-electron chi connectivity index (χ1n) is 4.28. The molecule has 3 atom stereocenters. The van der Waals surface area contributed by atoms with Crippen LogP contribution in [0.25, 0.3) is 0 Å². The number of thiocarbonyl (C=S) groups is 1. The molecule has 0 aromatic heterocycles. The van der Waals surface area contributed by atoms with Crippen LogP contribution in [-0.2, 0) is 0 Å². The standard InChI is InChI=1S/C6H14N4O4S/c11-1-2(12)3(13)4(14)5-7-9-6(15)10-8-5/h2-5,7-8,11-14H,1H2,(H2,9,10,15). The fourth-order valence-corrected chi connectivity index (χ4v) is 1.18. The number of rotatable bonds is 4. The smallest absolute Gasteiger partial charge is 0.195 e. The van der Waals surface area contributed by atoms with Crippen molar-refractivity contribution < 1.29 is 20.4 Å². The van der Waals surface area contributed by atoms with E-state index in [0.29, 0.717) is 0 Å². The van der Waals surface area contributed by atoms with Crippen LogP contribution in [-0.4, -0.2) is 56.6 Å². The number of hydrogen-bond donors (Lipinski definition) is 8. The molecule has 1 aliphatic rings. The highest BCUT2D eigenvalue weighted by Gasteiger charge is 2.32. The van der Waals surface area contributed by atoms with E-state index in [4.69, 9.17) is 22.4 Å². The van der Waals surface area contributed by atoms with Crippen LogP contribution in [0.15, 0.2) is 0 Å².